The maximum atomic E-state index is 12.1. The van der Waals surface area contributed by atoms with E-state index in [-0.39, 0.29) is 24.3 Å². The van der Waals surface area contributed by atoms with Crippen LogP contribution in [-0.4, -0.2) is 41.3 Å². The summed E-state index contributed by atoms with van der Waals surface area (Å²) in [5.41, 5.74) is 6.65. The first-order chi connectivity index (χ1) is 10.9. The maximum Gasteiger partial charge on any atom is 0.260 e. The zero-order valence-corrected chi connectivity index (χ0v) is 14.1. The molecule has 23 heavy (non-hydrogen) atoms. The lowest BCUT2D eigenvalue weighted by molar-refractivity contribution is -0.130. The molecule has 7 nitrogen and oxygen atoms in total. The summed E-state index contributed by atoms with van der Waals surface area (Å²) < 4.78 is 5.10. The summed E-state index contributed by atoms with van der Waals surface area (Å²) in [6.45, 7) is 4.01. The highest BCUT2D eigenvalue weighted by Gasteiger charge is 2.17. The van der Waals surface area contributed by atoms with Crippen molar-refractivity contribution in [1.29, 1.82) is 0 Å². The Bertz CT molecular complexity index is 694. The minimum absolute atomic E-state index is 0.0237. The van der Waals surface area contributed by atoms with E-state index in [9.17, 15) is 9.59 Å². The smallest absolute Gasteiger partial charge is 0.260 e. The second-order valence-electron chi connectivity index (χ2n) is 5.25. The van der Waals surface area contributed by atoms with Crippen LogP contribution >= 0.6 is 11.3 Å². The Morgan fingerprint density at radius 3 is 2.87 bits per heavy atom. The maximum absolute atomic E-state index is 12.1. The van der Waals surface area contributed by atoms with Crippen molar-refractivity contribution in [3.05, 3.63) is 34.7 Å². The van der Waals surface area contributed by atoms with Gasteiger partial charge in [-0.1, -0.05) is 0 Å². The van der Waals surface area contributed by atoms with Crippen LogP contribution in [0.3, 0.4) is 0 Å². The summed E-state index contributed by atoms with van der Waals surface area (Å²) in [5.74, 6) is 0.209. The van der Waals surface area contributed by atoms with E-state index in [0.29, 0.717) is 28.7 Å². The van der Waals surface area contributed by atoms with Gasteiger partial charge in [0.2, 0.25) is 5.91 Å². The van der Waals surface area contributed by atoms with Crippen molar-refractivity contribution in [2.45, 2.75) is 26.3 Å². The van der Waals surface area contributed by atoms with E-state index in [1.807, 2.05) is 6.92 Å². The van der Waals surface area contributed by atoms with Crippen molar-refractivity contribution >= 4 is 28.3 Å². The number of nitrogens with two attached hydrogens (primary N) is 1. The van der Waals surface area contributed by atoms with Crippen LogP contribution in [0.4, 0.5) is 5.13 Å². The van der Waals surface area contributed by atoms with Gasteiger partial charge in [-0.2, -0.15) is 0 Å². The number of aromatic nitrogens is 1. The molecular formula is C15H20N4O3S. The van der Waals surface area contributed by atoms with Crippen molar-refractivity contribution in [1.82, 2.24) is 9.88 Å². The molecule has 0 aliphatic rings. The lowest BCUT2D eigenvalue weighted by Crippen LogP contribution is -2.40. The standard InChI is InChI=1S/C15H20N4O3S/c1-9(7-16)19(3)13(20)6-11-8-23-15(17-11)18-14(21)12-4-5-22-10(12)2/h4-5,8-9H,6-7,16H2,1-3H3,(H,17,18,21). The van der Waals surface area contributed by atoms with Gasteiger partial charge in [-0.25, -0.2) is 4.98 Å². The SMILES string of the molecule is Cc1occc1C(=O)Nc1nc(CC(=O)N(C)C(C)CN)cs1. The minimum Gasteiger partial charge on any atom is -0.469 e. The predicted molar refractivity (Wildman–Crippen MR) is 88.5 cm³/mol. The fourth-order valence-electron chi connectivity index (χ4n) is 1.91. The lowest BCUT2D eigenvalue weighted by Gasteiger charge is -2.23. The Labute approximate surface area is 138 Å². The molecule has 1 unspecified atom stereocenters. The molecule has 0 bridgehead atoms. The Kier molecular flexibility index (Phi) is 5.51. The fraction of sp³-hybridized carbons (Fsp3) is 0.400. The normalized spacial score (nSPS) is 12.0. The zero-order chi connectivity index (χ0) is 17.0. The van der Waals surface area contributed by atoms with Gasteiger partial charge >= 0.3 is 0 Å². The summed E-state index contributed by atoms with van der Waals surface area (Å²) in [5, 5.41) is 4.92. The minimum atomic E-state index is -0.280. The van der Waals surface area contributed by atoms with Crippen LogP contribution in [0, 0.1) is 6.92 Å². The molecule has 0 spiro atoms. The molecule has 3 N–H and O–H groups in total. The average Bonchev–Trinajstić information content (AvgIpc) is 3.14. The summed E-state index contributed by atoms with van der Waals surface area (Å²) >= 11 is 1.28. The highest BCUT2D eigenvalue weighted by molar-refractivity contribution is 7.14. The van der Waals surface area contributed by atoms with Crippen molar-refractivity contribution in [3.8, 4) is 0 Å². The Balaban J connectivity index is 1.97. The van der Waals surface area contributed by atoms with E-state index < -0.39 is 0 Å². The van der Waals surface area contributed by atoms with Crippen LogP contribution in [0.15, 0.2) is 22.1 Å². The van der Waals surface area contributed by atoms with Crippen LogP contribution in [0.2, 0.25) is 0 Å². The molecule has 2 aromatic rings. The number of carbonyl (C=O) groups excluding carboxylic acids is 2. The number of hydrogen-bond donors (Lipinski definition) is 2. The number of anilines is 1. The topological polar surface area (TPSA) is 101 Å². The lowest BCUT2D eigenvalue weighted by atomic mass is 10.2. The van der Waals surface area contributed by atoms with Crippen LogP contribution in [0.5, 0.6) is 0 Å². The van der Waals surface area contributed by atoms with Crippen LogP contribution in [0.1, 0.15) is 28.7 Å². The third-order valence-corrected chi connectivity index (χ3v) is 4.41. The van der Waals surface area contributed by atoms with E-state index >= 15 is 0 Å². The molecule has 0 saturated heterocycles. The Morgan fingerprint density at radius 2 is 2.26 bits per heavy atom. The number of nitrogens with one attached hydrogen (secondary N) is 1. The van der Waals surface area contributed by atoms with Gasteiger partial charge < -0.3 is 15.1 Å². The van der Waals surface area contributed by atoms with E-state index in [0.717, 1.165) is 0 Å². The third-order valence-electron chi connectivity index (χ3n) is 3.60. The molecule has 1 atom stereocenters. The summed E-state index contributed by atoms with van der Waals surface area (Å²) in [6.07, 6.45) is 1.64. The molecule has 2 rings (SSSR count). The Morgan fingerprint density at radius 1 is 1.52 bits per heavy atom. The first kappa shape index (κ1) is 17.2. The monoisotopic (exact) mass is 336 g/mol. The predicted octanol–water partition coefficient (Wildman–Crippen LogP) is 1.64. The quantitative estimate of drug-likeness (QED) is 0.835. The van der Waals surface area contributed by atoms with Gasteiger partial charge in [-0.3, -0.25) is 14.9 Å². The van der Waals surface area contributed by atoms with Crippen molar-refractivity contribution in [3.63, 3.8) is 0 Å². The molecular weight excluding hydrogens is 316 g/mol. The molecule has 0 aromatic carbocycles. The number of nitrogens with zero attached hydrogens (tertiary/aromatic N) is 2. The van der Waals surface area contributed by atoms with Crippen molar-refractivity contribution in [2.75, 3.05) is 18.9 Å². The number of aryl methyl sites for hydroxylation is 1. The molecule has 0 radical (unpaired) electrons. The highest BCUT2D eigenvalue weighted by Crippen LogP contribution is 2.18. The first-order valence-electron chi connectivity index (χ1n) is 7.18. The largest absolute Gasteiger partial charge is 0.469 e. The van der Waals surface area contributed by atoms with Gasteiger partial charge in [0.25, 0.3) is 5.91 Å². The molecule has 2 aromatic heterocycles. The van der Waals surface area contributed by atoms with Gasteiger partial charge in [0.1, 0.15) is 5.76 Å². The number of rotatable bonds is 6. The van der Waals surface area contributed by atoms with Crippen LogP contribution in [0.25, 0.3) is 0 Å². The molecule has 2 heterocycles. The average molecular weight is 336 g/mol. The van der Waals surface area contributed by atoms with E-state index in [1.54, 1.807) is 30.3 Å². The van der Waals surface area contributed by atoms with Crippen molar-refractivity contribution < 1.29 is 14.0 Å². The van der Waals surface area contributed by atoms with Crippen molar-refractivity contribution in [2.24, 2.45) is 5.73 Å². The summed E-state index contributed by atoms with van der Waals surface area (Å²) in [6, 6.07) is 1.58. The summed E-state index contributed by atoms with van der Waals surface area (Å²) in [4.78, 5) is 30.1. The van der Waals surface area contributed by atoms with Crippen LogP contribution in [-0.2, 0) is 11.2 Å². The van der Waals surface area contributed by atoms with Gasteiger partial charge in [0, 0.05) is 25.0 Å². The number of thiazole rings is 1. The molecule has 0 fully saturated rings. The van der Waals surface area contributed by atoms with Gasteiger partial charge in [0.05, 0.1) is 23.9 Å². The molecule has 124 valence electrons. The molecule has 0 aliphatic heterocycles. The number of hydrogen-bond acceptors (Lipinski definition) is 6. The first-order valence-corrected chi connectivity index (χ1v) is 8.06. The molecule has 0 aliphatic carbocycles. The second kappa shape index (κ2) is 7.38. The van der Waals surface area contributed by atoms with E-state index in [2.05, 4.69) is 10.3 Å². The van der Waals surface area contributed by atoms with E-state index in [1.165, 1.54) is 17.6 Å². The van der Waals surface area contributed by atoms with E-state index in [4.69, 9.17) is 10.2 Å². The highest BCUT2D eigenvalue weighted by atomic mass is 32.1. The number of carbonyl (C=O) groups is 2. The van der Waals surface area contributed by atoms with Gasteiger partial charge in [-0.05, 0) is 19.9 Å². The number of likely N-dealkylation sites (N-methyl/N-ethyl adjacent to an activating group) is 1. The third kappa shape index (κ3) is 4.17. The fourth-order valence-corrected chi connectivity index (χ4v) is 2.62. The van der Waals surface area contributed by atoms with Gasteiger partial charge in [0.15, 0.2) is 5.13 Å². The molecule has 2 amide bonds. The molecule has 8 heteroatoms. The number of amides is 2. The number of furan rings is 1. The second-order valence-corrected chi connectivity index (χ2v) is 6.11. The van der Waals surface area contributed by atoms with Gasteiger partial charge in [-0.15, -0.1) is 11.3 Å². The summed E-state index contributed by atoms with van der Waals surface area (Å²) in [7, 11) is 1.72. The molecule has 0 saturated carbocycles. The van der Waals surface area contributed by atoms with Crippen LogP contribution < -0.4 is 11.1 Å². The Hall–Kier alpha value is -2.19. The zero-order valence-electron chi connectivity index (χ0n) is 13.3.